The van der Waals surface area contributed by atoms with Crippen molar-refractivity contribution in [2.45, 2.75) is 25.7 Å². The van der Waals surface area contributed by atoms with Crippen LogP contribution in [-0.2, 0) is 25.7 Å². The van der Waals surface area contributed by atoms with Gasteiger partial charge in [0.1, 0.15) is 24.0 Å². The summed E-state index contributed by atoms with van der Waals surface area (Å²) in [6.45, 7) is 4.15. The van der Waals surface area contributed by atoms with Crippen molar-refractivity contribution in [3.05, 3.63) is 125 Å². The Morgan fingerprint density at radius 3 is 2.03 bits per heavy atom. The molecule has 0 aliphatic carbocycles. The normalized spacial score (nSPS) is 10.9. The summed E-state index contributed by atoms with van der Waals surface area (Å²) in [7, 11) is 0. The Labute approximate surface area is 188 Å². The number of benzene rings is 4. The van der Waals surface area contributed by atoms with E-state index < -0.39 is 0 Å². The first-order valence-corrected chi connectivity index (χ1v) is 10.9. The van der Waals surface area contributed by atoms with Gasteiger partial charge in [-0.05, 0) is 77.6 Å². The summed E-state index contributed by atoms with van der Waals surface area (Å²) in [4.78, 5) is 0. The standard InChI is InChI=1S/C29H26F2O/c1-2-19-32-27-16-8-21(9-17-27)3-4-23-10-18-28-25(20-23)13-12-24(29(28)31)11-5-22-6-14-26(30)15-7-22/h2,6-10,12-18,20H,1,3-5,11,19H2. The molecule has 0 N–H and O–H groups in total. The molecule has 4 aromatic carbocycles. The molecule has 0 saturated heterocycles. The molecule has 0 fully saturated rings. The van der Waals surface area contributed by atoms with Gasteiger partial charge >= 0.3 is 0 Å². The quantitative estimate of drug-likeness (QED) is 0.255. The van der Waals surface area contributed by atoms with Crippen molar-refractivity contribution in [3.63, 3.8) is 0 Å². The Hall–Kier alpha value is -3.46. The van der Waals surface area contributed by atoms with Gasteiger partial charge in [-0.3, -0.25) is 0 Å². The number of hydrogen-bond donors (Lipinski definition) is 0. The molecule has 3 heteroatoms. The first kappa shape index (κ1) is 21.8. The minimum Gasteiger partial charge on any atom is -0.490 e. The van der Waals surface area contributed by atoms with Crippen LogP contribution in [0.2, 0.25) is 0 Å². The van der Waals surface area contributed by atoms with Gasteiger partial charge in [-0.1, -0.05) is 67.3 Å². The van der Waals surface area contributed by atoms with Gasteiger partial charge < -0.3 is 4.74 Å². The molecule has 0 heterocycles. The predicted molar refractivity (Wildman–Crippen MR) is 127 cm³/mol. The highest BCUT2D eigenvalue weighted by Gasteiger charge is 2.09. The smallest absolute Gasteiger partial charge is 0.134 e. The summed E-state index contributed by atoms with van der Waals surface area (Å²) in [5, 5.41) is 1.56. The lowest BCUT2D eigenvalue weighted by atomic mass is 9.97. The molecule has 0 unspecified atom stereocenters. The average Bonchev–Trinajstić information content (AvgIpc) is 2.82. The van der Waals surface area contributed by atoms with Crippen LogP contribution in [0.4, 0.5) is 8.78 Å². The molecule has 162 valence electrons. The third-order valence-electron chi connectivity index (χ3n) is 5.69. The summed E-state index contributed by atoms with van der Waals surface area (Å²) >= 11 is 0. The number of aryl methyl sites for hydroxylation is 4. The highest BCUT2D eigenvalue weighted by atomic mass is 19.1. The number of hydrogen-bond acceptors (Lipinski definition) is 1. The highest BCUT2D eigenvalue weighted by molar-refractivity contribution is 5.84. The zero-order valence-corrected chi connectivity index (χ0v) is 18.0. The zero-order valence-electron chi connectivity index (χ0n) is 18.0. The van der Waals surface area contributed by atoms with E-state index in [0.717, 1.165) is 29.5 Å². The van der Waals surface area contributed by atoms with Crippen molar-refractivity contribution < 1.29 is 13.5 Å². The maximum absolute atomic E-state index is 15.1. The molecule has 0 bridgehead atoms. The Morgan fingerprint density at radius 2 is 1.31 bits per heavy atom. The van der Waals surface area contributed by atoms with Crippen LogP contribution in [0.5, 0.6) is 5.75 Å². The van der Waals surface area contributed by atoms with E-state index in [1.165, 1.54) is 23.3 Å². The molecule has 4 aromatic rings. The van der Waals surface area contributed by atoms with Crippen molar-refractivity contribution in [2.24, 2.45) is 0 Å². The Balaban J connectivity index is 1.41. The van der Waals surface area contributed by atoms with Crippen LogP contribution < -0.4 is 4.74 Å². The van der Waals surface area contributed by atoms with Gasteiger partial charge in [0.2, 0.25) is 0 Å². The van der Waals surface area contributed by atoms with Crippen LogP contribution in [-0.4, -0.2) is 6.61 Å². The fourth-order valence-electron chi connectivity index (χ4n) is 3.86. The summed E-state index contributed by atoms with van der Waals surface area (Å²) in [5.41, 5.74) is 4.11. The molecule has 0 aromatic heterocycles. The molecule has 0 aliphatic rings. The molecule has 0 aliphatic heterocycles. The molecule has 32 heavy (non-hydrogen) atoms. The lowest BCUT2D eigenvalue weighted by Crippen LogP contribution is -1.97. The number of halogens is 2. The molecule has 0 spiro atoms. The average molecular weight is 429 g/mol. The Kier molecular flexibility index (Phi) is 6.96. The van der Waals surface area contributed by atoms with Crippen molar-refractivity contribution in [3.8, 4) is 5.75 Å². The van der Waals surface area contributed by atoms with Crippen LogP contribution in [0.1, 0.15) is 22.3 Å². The fourth-order valence-corrected chi connectivity index (χ4v) is 3.86. The van der Waals surface area contributed by atoms with Crippen LogP contribution in [0.3, 0.4) is 0 Å². The molecule has 1 nitrogen and oxygen atoms in total. The second kappa shape index (κ2) is 10.2. The lowest BCUT2D eigenvalue weighted by Gasteiger charge is -2.09. The van der Waals surface area contributed by atoms with Gasteiger partial charge in [-0.2, -0.15) is 0 Å². The van der Waals surface area contributed by atoms with Gasteiger partial charge in [0.25, 0.3) is 0 Å². The largest absolute Gasteiger partial charge is 0.490 e. The molecule has 0 atom stereocenters. The second-order valence-electron chi connectivity index (χ2n) is 7.96. The predicted octanol–water partition coefficient (Wildman–Crippen LogP) is 7.25. The Morgan fingerprint density at radius 1 is 0.688 bits per heavy atom. The van der Waals surface area contributed by atoms with Crippen LogP contribution in [0.15, 0.2) is 91.5 Å². The van der Waals surface area contributed by atoms with Crippen molar-refractivity contribution in [1.29, 1.82) is 0 Å². The minimum absolute atomic E-state index is 0.161. The van der Waals surface area contributed by atoms with E-state index in [9.17, 15) is 4.39 Å². The SMILES string of the molecule is C=CCOc1ccc(CCc2ccc3c(F)c(CCc4ccc(F)cc4)ccc3c2)cc1. The molecular weight excluding hydrogens is 402 g/mol. The lowest BCUT2D eigenvalue weighted by molar-refractivity contribution is 0.363. The summed E-state index contributed by atoms with van der Waals surface area (Å²) in [5.74, 6) is 0.423. The summed E-state index contributed by atoms with van der Waals surface area (Å²) in [6.07, 6.45) is 4.78. The summed E-state index contributed by atoms with van der Waals surface area (Å²) < 4.78 is 33.6. The third kappa shape index (κ3) is 5.42. The van der Waals surface area contributed by atoms with E-state index in [0.29, 0.717) is 30.4 Å². The Bertz CT molecular complexity index is 1190. The van der Waals surface area contributed by atoms with Gasteiger partial charge in [0.15, 0.2) is 0 Å². The van der Waals surface area contributed by atoms with Gasteiger partial charge in [0, 0.05) is 5.39 Å². The van der Waals surface area contributed by atoms with E-state index in [4.69, 9.17) is 4.74 Å². The molecule has 0 saturated carbocycles. The number of rotatable bonds is 9. The van der Waals surface area contributed by atoms with Gasteiger partial charge in [0.05, 0.1) is 0 Å². The van der Waals surface area contributed by atoms with Crippen molar-refractivity contribution >= 4 is 10.8 Å². The fraction of sp³-hybridized carbons (Fsp3) is 0.172. The van der Waals surface area contributed by atoms with Gasteiger partial charge in [-0.15, -0.1) is 0 Å². The topological polar surface area (TPSA) is 9.23 Å². The van der Waals surface area contributed by atoms with Crippen LogP contribution in [0, 0.1) is 11.6 Å². The monoisotopic (exact) mass is 428 g/mol. The van der Waals surface area contributed by atoms with Crippen molar-refractivity contribution in [1.82, 2.24) is 0 Å². The first-order valence-electron chi connectivity index (χ1n) is 10.9. The van der Waals surface area contributed by atoms with Crippen molar-refractivity contribution in [2.75, 3.05) is 6.61 Å². The summed E-state index contributed by atoms with van der Waals surface area (Å²) in [6, 6.07) is 24.3. The molecular formula is C29H26F2O. The van der Waals surface area contributed by atoms with Gasteiger partial charge in [-0.25, -0.2) is 8.78 Å². The zero-order chi connectivity index (χ0) is 22.3. The van der Waals surface area contributed by atoms with E-state index >= 15 is 4.39 Å². The molecule has 4 rings (SSSR count). The number of fused-ring (bicyclic) bond motifs is 1. The first-order chi connectivity index (χ1) is 15.6. The van der Waals surface area contributed by atoms with E-state index in [-0.39, 0.29) is 11.6 Å². The molecule has 0 radical (unpaired) electrons. The van der Waals surface area contributed by atoms with Crippen LogP contribution in [0.25, 0.3) is 10.8 Å². The molecule has 0 amide bonds. The number of ether oxygens (including phenoxy) is 1. The second-order valence-corrected chi connectivity index (χ2v) is 7.96. The minimum atomic E-state index is -0.254. The van der Waals surface area contributed by atoms with E-state index in [1.54, 1.807) is 18.2 Å². The van der Waals surface area contributed by atoms with E-state index in [1.807, 2.05) is 36.4 Å². The highest BCUT2D eigenvalue weighted by Crippen LogP contribution is 2.24. The third-order valence-corrected chi connectivity index (χ3v) is 5.69. The van der Waals surface area contributed by atoms with Crippen LogP contribution >= 0.6 is 0 Å². The van der Waals surface area contributed by atoms with E-state index in [2.05, 4.69) is 24.8 Å². The maximum Gasteiger partial charge on any atom is 0.134 e. The maximum atomic E-state index is 15.1.